The van der Waals surface area contributed by atoms with Crippen LogP contribution in [-0.2, 0) is 0 Å². The number of amides is 1. The second-order valence-electron chi connectivity index (χ2n) is 6.03. The summed E-state index contributed by atoms with van der Waals surface area (Å²) in [4.78, 5) is 24.3. The van der Waals surface area contributed by atoms with E-state index in [0.29, 0.717) is 31.2 Å². The van der Waals surface area contributed by atoms with Crippen LogP contribution in [0.1, 0.15) is 10.4 Å². The molecule has 1 saturated heterocycles. The van der Waals surface area contributed by atoms with Gasteiger partial charge in [-0.3, -0.25) is 4.79 Å². The number of piperazine rings is 1. The summed E-state index contributed by atoms with van der Waals surface area (Å²) in [6.45, 7) is 0.552. The molecule has 0 spiro atoms. The van der Waals surface area contributed by atoms with Gasteiger partial charge in [0.05, 0.1) is 10.6 Å². The Labute approximate surface area is 168 Å². The Morgan fingerprint density at radius 3 is 2.39 bits per heavy atom. The van der Waals surface area contributed by atoms with Crippen LogP contribution in [0.3, 0.4) is 0 Å². The average molecular weight is 435 g/mol. The molecule has 150 valence electrons. The summed E-state index contributed by atoms with van der Waals surface area (Å²) in [7, 11) is 0. The van der Waals surface area contributed by atoms with Crippen LogP contribution < -0.4 is 9.64 Å². The smallest absolute Gasteiger partial charge is 0.422 e. The quantitative estimate of drug-likeness (QED) is 0.734. The van der Waals surface area contributed by atoms with Crippen LogP contribution in [0.4, 0.5) is 19.0 Å². The molecule has 1 amide bonds. The Morgan fingerprint density at radius 2 is 1.82 bits per heavy atom. The molecule has 0 aromatic carbocycles. The number of halogens is 5. The van der Waals surface area contributed by atoms with Crippen LogP contribution in [-0.4, -0.2) is 59.7 Å². The zero-order valence-corrected chi connectivity index (χ0v) is 15.9. The number of alkyl halides is 3. The normalized spacial score (nSPS) is 14.9. The zero-order chi connectivity index (χ0) is 20.3. The molecule has 1 aliphatic heterocycles. The number of hydrogen-bond acceptors (Lipinski definition) is 5. The van der Waals surface area contributed by atoms with E-state index in [9.17, 15) is 18.0 Å². The van der Waals surface area contributed by atoms with Gasteiger partial charge in [-0.1, -0.05) is 23.2 Å². The minimum absolute atomic E-state index is 0.154. The van der Waals surface area contributed by atoms with Crippen LogP contribution in [0.25, 0.3) is 0 Å². The summed E-state index contributed by atoms with van der Waals surface area (Å²) >= 11 is 11.7. The predicted octanol–water partition coefficient (Wildman–Crippen LogP) is 3.69. The van der Waals surface area contributed by atoms with E-state index in [1.165, 1.54) is 6.07 Å². The lowest BCUT2D eigenvalue weighted by molar-refractivity contribution is -0.154. The minimum atomic E-state index is -4.50. The first kappa shape index (κ1) is 20.5. The van der Waals surface area contributed by atoms with Crippen LogP contribution >= 0.6 is 23.2 Å². The molecule has 0 radical (unpaired) electrons. The first-order valence-corrected chi connectivity index (χ1v) is 8.99. The topological polar surface area (TPSA) is 58.6 Å². The molecule has 0 bridgehead atoms. The molecule has 1 fully saturated rings. The van der Waals surface area contributed by atoms with Crippen molar-refractivity contribution in [2.24, 2.45) is 0 Å². The summed E-state index contributed by atoms with van der Waals surface area (Å²) in [5.41, 5.74) is 0.183. The maximum absolute atomic E-state index is 12.6. The van der Waals surface area contributed by atoms with Crippen LogP contribution in [0.5, 0.6) is 5.88 Å². The Bertz CT molecular complexity index is 841. The highest BCUT2D eigenvalue weighted by Crippen LogP contribution is 2.26. The molecule has 0 unspecified atom stereocenters. The number of ether oxygens (including phenoxy) is 1. The van der Waals surface area contributed by atoms with Gasteiger partial charge in [0.2, 0.25) is 5.88 Å². The van der Waals surface area contributed by atoms with Crippen molar-refractivity contribution in [1.82, 2.24) is 14.9 Å². The van der Waals surface area contributed by atoms with Gasteiger partial charge in [-0.2, -0.15) is 13.2 Å². The van der Waals surface area contributed by atoms with Gasteiger partial charge in [0, 0.05) is 38.6 Å². The van der Waals surface area contributed by atoms with Gasteiger partial charge in [-0.25, -0.2) is 9.97 Å². The molecular weight excluding hydrogens is 420 g/mol. The van der Waals surface area contributed by atoms with E-state index < -0.39 is 12.8 Å². The van der Waals surface area contributed by atoms with Crippen molar-refractivity contribution >= 4 is 34.9 Å². The Morgan fingerprint density at radius 1 is 1.11 bits per heavy atom. The molecule has 3 heterocycles. The molecule has 28 heavy (non-hydrogen) atoms. The van der Waals surface area contributed by atoms with Crippen LogP contribution in [0.2, 0.25) is 10.0 Å². The lowest BCUT2D eigenvalue weighted by Gasteiger charge is -2.35. The van der Waals surface area contributed by atoms with E-state index in [4.69, 9.17) is 23.2 Å². The minimum Gasteiger partial charge on any atom is -0.467 e. The Hall–Kier alpha value is -2.26. The first-order chi connectivity index (χ1) is 13.2. The predicted molar refractivity (Wildman–Crippen MR) is 98.2 cm³/mol. The molecule has 0 atom stereocenters. The fourth-order valence-electron chi connectivity index (χ4n) is 2.68. The number of anilines is 1. The summed E-state index contributed by atoms with van der Waals surface area (Å²) in [6, 6.07) is 4.82. The van der Waals surface area contributed by atoms with Crippen molar-refractivity contribution in [3.05, 3.63) is 46.2 Å². The molecule has 11 heteroatoms. The number of carbonyl (C=O) groups is 1. The largest absolute Gasteiger partial charge is 0.467 e. The molecule has 0 aliphatic carbocycles. The Balaban J connectivity index is 1.60. The van der Waals surface area contributed by atoms with Gasteiger partial charge in [0.25, 0.3) is 5.91 Å². The van der Waals surface area contributed by atoms with E-state index in [-0.39, 0.29) is 22.4 Å². The molecule has 6 nitrogen and oxygen atoms in total. The van der Waals surface area contributed by atoms with Crippen molar-refractivity contribution in [2.45, 2.75) is 6.18 Å². The van der Waals surface area contributed by atoms with Crippen molar-refractivity contribution < 1.29 is 22.7 Å². The zero-order valence-electron chi connectivity index (χ0n) is 14.4. The van der Waals surface area contributed by atoms with E-state index in [1.807, 2.05) is 11.0 Å². The van der Waals surface area contributed by atoms with Crippen molar-refractivity contribution in [1.29, 1.82) is 0 Å². The van der Waals surface area contributed by atoms with Gasteiger partial charge in [-0.05, 0) is 18.2 Å². The van der Waals surface area contributed by atoms with E-state index in [1.54, 1.807) is 17.2 Å². The van der Waals surface area contributed by atoms with Gasteiger partial charge < -0.3 is 14.5 Å². The highest BCUT2D eigenvalue weighted by molar-refractivity contribution is 6.32. The number of nitrogens with zero attached hydrogens (tertiary/aromatic N) is 4. The SMILES string of the molecule is O=C(c1cnc(OCC(F)(F)F)c(Cl)c1)N1CCN(c2ccc(Cl)cn2)CC1. The number of hydrogen-bond donors (Lipinski definition) is 0. The number of rotatable bonds is 4. The summed E-state index contributed by atoms with van der Waals surface area (Å²) < 4.78 is 41.2. The van der Waals surface area contributed by atoms with Crippen molar-refractivity contribution in [3.8, 4) is 5.88 Å². The van der Waals surface area contributed by atoms with Gasteiger partial charge in [0.1, 0.15) is 10.8 Å². The molecule has 2 aromatic heterocycles. The lowest BCUT2D eigenvalue weighted by atomic mass is 10.2. The fraction of sp³-hybridized carbons (Fsp3) is 0.353. The average Bonchev–Trinajstić information content (AvgIpc) is 2.66. The molecule has 3 rings (SSSR count). The standard InChI is InChI=1S/C17H15Cl2F3N4O2/c18-12-1-2-14(23-9-12)25-3-5-26(6-4-25)16(27)11-7-13(19)15(24-8-11)28-10-17(20,21)22/h1-2,7-9H,3-6,10H2. The number of carbonyl (C=O) groups excluding carboxylic acids is 1. The van der Waals surface area contributed by atoms with Crippen LogP contribution in [0.15, 0.2) is 30.6 Å². The first-order valence-electron chi connectivity index (χ1n) is 8.24. The van der Waals surface area contributed by atoms with E-state index in [0.717, 1.165) is 12.0 Å². The van der Waals surface area contributed by atoms with Gasteiger partial charge in [0.15, 0.2) is 6.61 Å². The summed E-state index contributed by atoms with van der Waals surface area (Å²) in [5.74, 6) is 0.0991. The monoisotopic (exact) mass is 434 g/mol. The molecule has 0 saturated carbocycles. The van der Waals surface area contributed by atoms with E-state index in [2.05, 4.69) is 14.7 Å². The second kappa shape index (κ2) is 8.40. The van der Waals surface area contributed by atoms with Crippen molar-refractivity contribution in [2.75, 3.05) is 37.7 Å². The molecule has 0 N–H and O–H groups in total. The molecule has 1 aliphatic rings. The maximum atomic E-state index is 12.6. The Kier molecular flexibility index (Phi) is 6.14. The highest BCUT2D eigenvalue weighted by Gasteiger charge is 2.29. The summed E-state index contributed by atoms with van der Waals surface area (Å²) in [6.07, 6.45) is -1.78. The lowest BCUT2D eigenvalue weighted by Crippen LogP contribution is -2.49. The summed E-state index contributed by atoms with van der Waals surface area (Å²) in [5, 5.41) is 0.392. The molecular formula is C17H15Cl2F3N4O2. The number of aromatic nitrogens is 2. The number of pyridine rings is 2. The van der Waals surface area contributed by atoms with Crippen LogP contribution in [0, 0.1) is 0 Å². The second-order valence-corrected chi connectivity index (χ2v) is 6.87. The molecule has 2 aromatic rings. The maximum Gasteiger partial charge on any atom is 0.422 e. The third kappa shape index (κ3) is 5.17. The van der Waals surface area contributed by atoms with Crippen molar-refractivity contribution in [3.63, 3.8) is 0 Å². The highest BCUT2D eigenvalue weighted by atomic mass is 35.5. The third-order valence-electron chi connectivity index (χ3n) is 4.03. The van der Waals surface area contributed by atoms with Gasteiger partial charge >= 0.3 is 6.18 Å². The van der Waals surface area contributed by atoms with Gasteiger partial charge in [-0.15, -0.1) is 0 Å². The van der Waals surface area contributed by atoms with E-state index >= 15 is 0 Å². The third-order valence-corrected chi connectivity index (χ3v) is 4.52. The fourth-order valence-corrected chi connectivity index (χ4v) is 3.01.